The van der Waals surface area contributed by atoms with Crippen LogP contribution in [0.4, 0.5) is 0 Å². The summed E-state index contributed by atoms with van der Waals surface area (Å²) in [6.07, 6.45) is 9.40. The molecule has 1 saturated carbocycles. The lowest BCUT2D eigenvalue weighted by Crippen LogP contribution is -3.00. The van der Waals surface area contributed by atoms with E-state index < -0.39 is 0 Å². The van der Waals surface area contributed by atoms with Crippen molar-refractivity contribution in [2.45, 2.75) is 78.7 Å². The minimum absolute atomic E-state index is 0. The lowest BCUT2D eigenvalue weighted by Gasteiger charge is -2.50. The Labute approximate surface area is 191 Å². The van der Waals surface area contributed by atoms with Gasteiger partial charge in [0.15, 0.2) is 0 Å². The van der Waals surface area contributed by atoms with Crippen molar-refractivity contribution in [3.05, 3.63) is 0 Å². The van der Waals surface area contributed by atoms with Crippen molar-refractivity contribution in [2.24, 2.45) is 10.8 Å². The normalized spacial score (nSPS) is 19.9. The Hall–Kier alpha value is 0.840. The Morgan fingerprint density at radius 1 is 0.741 bits per heavy atom. The summed E-state index contributed by atoms with van der Waals surface area (Å²) in [5, 5.41) is 9.11. The first-order chi connectivity index (χ1) is 11.3. The number of aliphatic hydroxyl groups is 1. The van der Waals surface area contributed by atoms with E-state index >= 15 is 0 Å². The second-order valence-electron chi connectivity index (χ2n) is 11.6. The van der Waals surface area contributed by atoms with Crippen LogP contribution < -0.4 is 34.0 Å². The fraction of sp³-hybridized carbons (Fsp3) is 1.00. The maximum Gasteiger partial charge on any atom is 0.102 e. The highest BCUT2D eigenvalue weighted by atomic mass is 79.9. The fourth-order valence-electron chi connectivity index (χ4n) is 5.26. The smallest absolute Gasteiger partial charge is 0.102 e. The molecule has 166 valence electrons. The molecule has 0 saturated heterocycles. The highest BCUT2D eigenvalue weighted by molar-refractivity contribution is 4.89. The van der Waals surface area contributed by atoms with Crippen LogP contribution >= 0.6 is 0 Å². The van der Waals surface area contributed by atoms with Crippen molar-refractivity contribution in [3.63, 3.8) is 0 Å². The summed E-state index contributed by atoms with van der Waals surface area (Å²) in [6.45, 7) is 13.5. The molecule has 0 atom stereocenters. The Bertz CT molecular complexity index is 393. The summed E-state index contributed by atoms with van der Waals surface area (Å²) in [6, 6.07) is 0.805. The number of likely N-dealkylation sites (N-methyl/N-ethyl adjacent to an activating group) is 1. The molecule has 1 aliphatic rings. The second-order valence-corrected chi connectivity index (χ2v) is 11.6. The first-order valence-corrected chi connectivity index (χ1v) is 10.5. The van der Waals surface area contributed by atoms with Gasteiger partial charge < -0.3 is 48.0 Å². The molecule has 1 rings (SSSR count). The molecule has 0 heterocycles. The number of hydrogen-bond acceptors (Lipinski definition) is 1. The van der Waals surface area contributed by atoms with Crippen LogP contribution in [0.25, 0.3) is 0 Å². The van der Waals surface area contributed by atoms with Crippen LogP contribution in [-0.4, -0.2) is 74.5 Å². The third-order valence-corrected chi connectivity index (χ3v) is 6.48. The quantitative estimate of drug-likeness (QED) is 0.272. The average Bonchev–Trinajstić information content (AvgIpc) is 2.39. The first kappa shape index (κ1) is 30.0. The van der Waals surface area contributed by atoms with Crippen LogP contribution in [0.2, 0.25) is 0 Å². The molecular weight excluding hydrogens is 468 g/mol. The summed E-state index contributed by atoms with van der Waals surface area (Å²) in [4.78, 5) is 0. The SMILES string of the molecule is CC1(C)CC([N+](C)(C)CCCCCC[N+](C)(C)CCO)CC(C)(C)C1.[Br-].[Br-]. The van der Waals surface area contributed by atoms with Gasteiger partial charge in [-0.15, -0.1) is 0 Å². The summed E-state index contributed by atoms with van der Waals surface area (Å²) >= 11 is 0. The van der Waals surface area contributed by atoms with Gasteiger partial charge in [-0.05, 0) is 42.9 Å². The second kappa shape index (κ2) is 11.9. The molecule has 0 aromatic heterocycles. The number of nitrogens with zero attached hydrogens (tertiary/aromatic N) is 2. The predicted octanol–water partition coefficient (Wildman–Crippen LogP) is -1.70. The van der Waals surface area contributed by atoms with Gasteiger partial charge in [-0.1, -0.05) is 27.7 Å². The van der Waals surface area contributed by atoms with E-state index in [-0.39, 0.29) is 34.0 Å². The van der Waals surface area contributed by atoms with E-state index in [1.807, 2.05) is 0 Å². The van der Waals surface area contributed by atoms with Crippen LogP contribution in [0.15, 0.2) is 0 Å². The molecule has 27 heavy (non-hydrogen) atoms. The number of hydrogen-bond donors (Lipinski definition) is 1. The van der Waals surface area contributed by atoms with Gasteiger partial charge in [-0.3, -0.25) is 0 Å². The lowest BCUT2D eigenvalue weighted by molar-refractivity contribution is -0.918. The van der Waals surface area contributed by atoms with Crippen LogP contribution in [0.3, 0.4) is 0 Å². The van der Waals surface area contributed by atoms with E-state index in [1.165, 1.54) is 62.5 Å². The van der Waals surface area contributed by atoms with Gasteiger partial charge >= 0.3 is 0 Å². The van der Waals surface area contributed by atoms with Crippen molar-refractivity contribution >= 4 is 0 Å². The van der Waals surface area contributed by atoms with Crippen molar-refractivity contribution in [3.8, 4) is 0 Å². The molecule has 1 N–H and O–H groups in total. The molecule has 0 unspecified atom stereocenters. The average molecular weight is 516 g/mol. The van der Waals surface area contributed by atoms with Crippen molar-refractivity contribution < 1.29 is 48.0 Å². The third kappa shape index (κ3) is 11.6. The van der Waals surface area contributed by atoms with Gasteiger partial charge in [0.2, 0.25) is 0 Å². The Balaban J connectivity index is 0. The first-order valence-electron chi connectivity index (χ1n) is 10.5. The molecule has 0 spiro atoms. The molecule has 0 aromatic carbocycles. The Morgan fingerprint density at radius 3 is 1.63 bits per heavy atom. The van der Waals surface area contributed by atoms with Crippen LogP contribution in [-0.2, 0) is 0 Å². The summed E-state index contributed by atoms with van der Waals surface area (Å²) in [7, 11) is 9.37. The molecule has 1 fully saturated rings. The van der Waals surface area contributed by atoms with Gasteiger partial charge in [0, 0.05) is 12.8 Å². The van der Waals surface area contributed by atoms with E-state index in [0.29, 0.717) is 17.4 Å². The molecule has 3 nitrogen and oxygen atoms in total. The highest BCUT2D eigenvalue weighted by Crippen LogP contribution is 2.48. The minimum Gasteiger partial charge on any atom is -1.00 e. The largest absolute Gasteiger partial charge is 1.00 e. The van der Waals surface area contributed by atoms with Gasteiger partial charge in [0.1, 0.15) is 6.54 Å². The number of rotatable bonds is 10. The molecule has 0 bridgehead atoms. The molecule has 0 aliphatic heterocycles. The summed E-state index contributed by atoms with van der Waals surface area (Å²) in [5.41, 5.74) is 0.969. The zero-order chi connectivity index (χ0) is 19.4. The molecular formula is C22H48Br2N2O. The molecule has 0 aromatic rings. The fourth-order valence-corrected chi connectivity index (χ4v) is 5.26. The maximum absolute atomic E-state index is 9.11. The van der Waals surface area contributed by atoms with Crippen LogP contribution in [0.1, 0.15) is 72.6 Å². The number of halogens is 2. The van der Waals surface area contributed by atoms with Gasteiger partial charge in [0.25, 0.3) is 0 Å². The number of unbranched alkanes of at least 4 members (excludes halogenated alkanes) is 3. The zero-order valence-electron chi connectivity index (χ0n) is 19.5. The van der Waals surface area contributed by atoms with Gasteiger partial charge in [0.05, 0.1) is 53.9 Å². The molecule has 1 aliphatic carbocycles. The summed E-state index contributed by atoms with van der Waals surface area (Å²) < 4.78 is 2.14. The molecule has 0 radical (unpaired) electrons. The van der Waals surface area contributed by atoms with E-state index in [0.717, 1.165) is 17.1 Å². The highest BCUT2D eigenvalue weighted by Gasteiger charge is 2.44. The van der Waals surface area contributed by atoms with E-state index in [4.69, 9.17) is 5.11 Å². The third-order valence-electron chi connectivity index (χ3n) is 6.48. The number of aliphatic hydroxyl groups excluding tert-OH is 1. The zero-order valence-corrected chi connectivity index (χ0v) is 22.6. The van der Waals surface area contributed by atoms with E-state index in [2.05, 4.69) is 55.9 Å². The van der Waals surface area contributed by atoms with Crippen molar-refractivity contribution in [2.75, 3.05) is 54.4 Å². The Kier molecular flexibility index (Phi) is 13.2. The Morgan fingerprint density at radius 2 is 1.19 bits per heavy atom. The summed E-state index contributed by atoms with van der Waals surface area (Å²) in [5.74, 6) is 0. The van der Waals surface area contributed by atoms with Crippen molar-refractivity contribution in [1.29, 1.82) is 0 Å². The standard InChI is InChI=1S/C22H48N2O.2BrH/c1-21(2)17-20(18-22(3,4)19-21)24(7,8)14-12-10-9-11-13-23(5,6)15-16-25;;/h20,25H,9-19H2,1-8H3;2*1H/q+2;;/p-2. The van der Waals surface area contributed by atoms with Crippen LogP contribution in [0.5, 0.6) is 0 Å². The maximum atomic E-state index is 9.11. The van der Waals surface area contributed by atoms with Crippen LogP contribution in [0, 0.1) is 10.8 Å². The predicted molar refractivity (Wildman–Crippen MR) is 110 cm³/mol. The van der Waals surface area contributed by atoms with Gasteiger partial charge in [-0.2, -0.15) is 0 Å². The van der Waals surface area contributed by atoms with Crippen molar-refractivity contribution in [1.82, 2.24) is 0 Å². The van der Waals surface area contributed by atoms with E-state index in [1.54, 1.807) is 0 Å². The minimum atomic E-state index is 0. The molecule has 0 amide bonds. The monoisotopic (exact) mass is 514 g/mol. The van der Waals surface area contributed by atoms with E-state index in [9.17, 15) is 0 Å². The van der Waals surface area contributed by atoms with Gasteiger partial charge in [-0.25, -0.2) is 0 Å². The lowest BCUT2D eigenvalue weighted by atomic mass is 9.63. The topological polar surface area (TPSA) is 20.2 Å². The number of quaternary nitrogens is 2. The molecule has 5 heteroatoms.